The molecule has 0 aliphatic rings. The Morgan fingerprint density at radius 3 is 2.39 bits per heavy atom. The molecule has 0 fully saturated rings. The van der Waals surface area contributed by atoms with Crippen LogP contribution in [0.15, 0.2) is 47.1 Å². The monoisotopic (exact) mass is 304 g/mol. The van der Waals surface area contributed by atoms with Gasteiger partial charge in [-0.15, -0.1) is 0 Å². The lowest BCUT2D eigenvalue weighted by atomic mass is 9.88. The lowest BCUT2D eigenvalue weighted by Gasteiger charge is -2.25. The van der Waals surface area contributed by atoms with E-state index in [1.165, 1.54) is 5.56 Å². The summed E-state index contributed by atoms with van der Waals surface area (Å²) in [6, 6.07) is 12.4. The third-order valence-electron chi connectivity index (χ3n) is 3.05. The summed E-state index contributed by atoms with van der Waals surface area (Å²) in [5.74, 6) is 0. The normalized spacial score (nSPS) is 14.2. The van der Waals surface area contributed by atoms with E-state index in [0.29, 0.717) is 0 Å². The highest BCUT2D eigenvalue weighted by atomic mass is 79.9. The van der Waals surface area contributed by atoms with Crippen molar-refractivity contribution in [3.63, 3.8) is 0 Å². The van der Waals surface area contributed by atoms with Crippen molar-refractivity contribution < 1.29 is 0 Å². The number of halogens is 1. The van der Waals surface area contributed by atoms with Crippen molar-refractivity contribution in [3.05, 3.63) is 63.9 Å². The van der Waals surface area contributed by atoms with Crippen LogP contribution in [0.25, 0.3) is 0 Å². The third kappa shape index (κ3) is 3.18. The first-order valence-electron chi connectivity index (χ1n) is 5.94. The molecule has 1 unspecified atom stereocenters. The number of aryl methyl sites for hydroxylation is 1. The zero-order valence-corrected chi connectivity index (χ0v) is 12.2. The first-order chi connectivity index (χ1) is 8.47. The molecular weight excluding hydrogens is 288 g/mol. The Morgan fingerprint density at radius 1 is 1.17 bits per heavy atom. The predicted octanol–water partition coefficient (Wildman–Crippen LogP) is 3.57. The number of pyridine rings is 1. The molecule has 0 radical (unpaired) electrons. The fourth-order valence-electron chi connectivity index (χ4n) is 1.92. The van der Waals surface area contributed by atoms with Gasteiger partial charge < -0.3 is 5.73 Å². The van der Waals surface area contributed by atoms with Crippen molar-refractivity contribution >= 4 is 15.9 Å². The average molecular weight is 305 g/mol. The Bertz CT molecular complexity index is 515. The number of rotatable bonds is 3. The molecule has 0 bridgehead atoms. The summed E-state index contributed by atoms with van der Waals surface area (Å²) in [4.78, 5) is 4.38. The number of nitrogens with two attached hydrogens (primary N) is 1. The van der Waals surface area contributed by atoms with E-state index in [0.717, 1.165) is 22.2 Å². The number of nitrogens with zero attached hydrogens (tertiary/aromatic N) is 1. The molecule has 1 heterocycles. The topological polar surface area (TPSA) is 38.9 Å². The van der Waals surface area contributed by atoms with Crippen LogP contribution in [0.3, 0.4) is 0 Å². The molecule has 2 nitrogen and oxygen atoms in total. The van der Waals surface area contributed by atoms with Gasteiger partial charge in [0.05, 0.1) is 0 Å². The quantitative estimate of drug-likeness (QED) is 0.941. The highest BCUT2D eigenvalue weighted by molar-refractivity contribution is 9.10. The predicted molar refractivity (Wildman–Crippen MR) is 78.4 cm³/mol. The maximum absolute atomic E-state index is 6.41. The first-order valence-corrected chi connectivity index (χ1v) is 6.73. The van der Waals surface area contributed by atoms with E-state index in [-0.39, 0.29) is 0 Å². The van der Waals surface area contributed by atoms with E-state index >= 15 is 0 Å². The van der Waals surface area contributed by atoms with Crippen LogP contribution in [0.2, 0.25) is 0 Å². The minimum absolute atomic E-state index is 0.394. The highest BCUT2D eigenvalue weighted by Gasteiger charge is 2.22. The molecular formula is C15H17BrN2. The van der Waals surface area contributed by atoms with E-state index in [1.54, 1.807) is 6.20 Å². The Labute approximate surface area is 116 Å². The van der Waals surface area contributed by atoms with Gasteiger partial charge in [-0.05, 0) is 47.5 Å². The van der Waals surface area contributed by atoms with Gasteiger partial charge in [0, 0.05) is 28.3 Å². The molecule has 2 N–H and O–H groups in total. The zero-order chi connectivity index (χ0) is 13.2. The van der Waals surface area contributed by atoms with Gasteiger partial charge in [-0.2, -0.15) is 0 Å². The number of aromatic nitrogens is 1. The number of hydrogen-bond donors (Lipinski definition) is 1. The first kappa shape index (κ1) is 13.2. The van der Waals surface area contributed by atoms with Crippen LogP contribution in [-0.4, -0.2) is 4.98 Å². The lowest BCUT2D eigenvalue weighted by molar-refractivity contribution is 0.485. The largest absolute Gasteiger partial charge is 0.321 e. The van der Waals surface area contributed by atoms with Gasteiger partial charge in [0.1, 0.15) is 0 Å². The average Bonchev–Trinajstić information content (AvgIpc) is 2.32. The van der Waals surface area contributed by atoms with Crippen LogP contribution >= 0.6 is 15.9 Å². The van der Waals surface area contributed by atoms with Crippen molar-refractivity contribution in [2.45, 2.75) is 25.8 Å². The maximum atomic E-state index is 6.41. The van der Waals surface area contributed by atoms with Gasteiger partial charge in [0.25, 0.3) is 0 Å². The van der Waals surface area contributed by atoms with Crippen LogP contribution in [0, 0.1) is 6.92 Å². The summed E-state index contributed by atoms with van der Waals surface area (Å²) >= 11 is 3.38. The van der Waals surface area contributed by atoms with E-state index < -0.39 is 5.54 Å². The summed E-state index contributed by atoms with van der Waals surface area (Å²) in [6.45, 7) is 4.12. The van der Waals surface area contributed by atoms with E-state index in [9.17, 15) is 0 Å². The van der Waals surface area contributed by atoms with Gasteiger partial charge in [0.15, 0.2) is 0 Å². The molecule has 1 aromatic carbocycles. The third-order valence-corrected chi connectivity index (χ3v) is 3.52. The molecule has 1 aromatic heterocycles. The fraction of sp³-hybridized carbons (Fsp3) is 0.267. The highest BCUT2D eigenvalue weighted by Crippen LogP contribution is 2.22. The molecule has 1 atom stereocenters. The second kappa shape index (κ2) is 5.21. The summed E-state index contributed by atoms with van der Waals surface area (Å²) < 4.78 is 0.986. The van der Waals surface area contributed by atoms with Crippen LogP contribution in [-0.2, 0) is 12.0 Å². The minimum atomic E-state index is -0.394. The zero-order valence-electron chi connectivity index (χ0n) is 10.7. The Hall–Kier alpha value is -1.19. The summed E-state index contributed by atoms with van der Waals surface area (Å²) in [7, 11) is 0. The smallest absolute Gasteiger partial charge is 0.0436 e. The number of hydrogen-bond acceptors (Lipinski definition) is 2. The van der Waals surface area contributed by atoms with Crippen LogP contribution in [0.5, 0.6) is 0 Å². The van der Waals surface area contributed by atoms with E-state index in [1.807, 2.05) is 19.1 Å². The van der Waals surface area contributed by atoms with Gasteiger partial charge in [0.2, 0.25) is 0 Å². The van der Waals surface area contributed by atoms with E-state index in [2.05, 4.69) is 52.1 Å². The standard InChI is InChI=1S/C15H17BrN2/c1-11-3-5-12(6-4-11)15(2,17)9-14-8-7-13(16)10-18-14/h3-8,10H,9,17H2,1-2H3. The summed E-state index contributed by atoms with van der Waals surface area (Å²) in [5.41, 5.74) is 9.40. The Morgan fingerprint density at radius 2 is 1.83 bits per heavy atom. The van der Waals surface area contributed by atoms with Crippen molar-refractivity contribution in [2.75, 3.05) is 0 Å². The second-order valence-corrected chi connectivity index (χ2v) is 5.84. The number of benzene rings is 1. The van der Waals surface area contributed by atoms with Crippen molar-refractivity contribution in [1.29, 1.82) is 0 Å². The van der Waals surface area contributed by atoms with Gasteiger partial charge in [-0.1, -0.05) is 29.8 Å². The lowest BCUT2D eigenvalue weighted by Crippen LogP contribution is -2.35. The van der Waals surface area contributed by atoms with Crippen LogP contribution in [0.4, 0.5) is 0 Å². The molecule has 0 aliphatic heterocycles. The molecule has 0 aliphatic carbocycles. The second-order valence-electron chi connectivity index (χ2n) is 4.93. The molecule has 0 saturated heterocycles. The minimum Gasteiger partial charge on any atom is -0.321 e. The summed E-state index contributed by atoms with van der Waals surface area (Å²) in [5, 5.41) is 0. The van der Waals surface area contributed by atoms with Crippen LogP contribution < -0.4 is 5.73 Å². The molecule has 2 rings (SSSR count). The molecule has 3 heteroatoms. The molecule has 0 saturated carbocycles. The van der Waals surface area contributed by atoms with Gasteiger partial charge in [-0.3, -0.25) is 4.98 Å². The fourth-order valence-corrected chi connectivity index (χ4v) is 2.16. The Balaban J connectivity index is 2.20. The van der Waals surface area contributed by atoms with Crippen molar-refractivity contribution in [1.82, 2.24) is 4.98 Å². The Kier molecular flexibility index (Phi) is 3.83. The summed E-state index contributed by atoms with van der Waals surface area (Å²) in [6.07, 6.45) is 2.53. The van der Waals surface area contributed by atoms with Gasteiger partial charge in [-0.25, -0.2) is 0 Å². The maximum Gasteiger partial charge on any atom is 0.0436 e. The van der Waals surface area contributed by atoms with Gasteiger partial charge >= 0.3 is 0 Å². The SMILES string of the molecule is Cc1ccc(C(C)(N)Cc2ccc(Br)cn2)cc1. The molecule has 2 aromatic rings. The molecule has 0 spiro atoms. The van der Waals surface area contributed by atoms with Crippen molar-refractivity contribution in [3.8, 4) is 0 Å². The van der Waals surface area contributed by atoms with Crippen molar-refractivity contribution in [2.24, 2.45) is 5.73 Å². The molecule has 18 heavy (non-hydrogen) atoms. The van der Waals surface area contributed by atoms with Crippen LogP contribution in [0.1, 0.15) is 23.7 Å². The molecule has 94 valence electrons. The van der Waals surface area contributed by atoms with E-state index in [4.69, 9.17) is 5.73 Å². The molecule has 0 amide bonds.